The van der Waals surface area contributed by atoms with Gasteiger partial charge in [-0.05, 0) is 26.8 Å². The average Bonchev–Trinajstić information content (AvgIpc) is 2.48. The maximum atomic E-state index is 11.5. The Labute approximate surface area is 82.4 Å². The van der Waals surface area contributed by atoms with Gasteiger partial charge in [0.1, 0.15) is 0 Å². The first-order valence-electron chi connectivity index (χ1n) is 4.68. The fraction of sp³-hybridized carbons (Fsp3) is 0.364. The molecule has 0 atom stereocenters. The third-order valence-electron chi connectivity index (χ3n) is 2.35. The molecule has 0 aliphatic carbocycles. The highest BCUT2D eigenvalue weighted by Crippen LogP contribution is 2.19. The Kier molecular flexibility index (Phi) is 1.77. The number of nitrogens with zero attached hydrogens (tertiary/aromatic N) is 1. The molecule has 0 amide bonds. The van der Waals surface area contributed by atoms with Crippen molar-refractivity contribution < 1.29 is 0 Å². The lowest BCUT2D eigenvalue weighted by molar-refractivity contribution is 0.399. The van der Waals surface area contributed by atoms with E-state index in [0.717, 1.165) is 10.8 Å². The van der Waals surface area contributed by atoms with Crippen LogP contribution in [0.2, 0.25) is 0 Å². The van der Waals surface area contributed by atoms with Crippen LogP contribution in [0.3, 0.4) is 0 Å². The van der Waals surface area contributed by atoms with Gasteiger partial charge in [-0.25, -0.2) is 0 Å². The standard InChI is InChI=1S/C11H14N2O/c1-11(2,3)13-6-8-4-5-12-10(14)9(8)7-13/h4-7H,1-3H3,(H,12,14). The second kappa shape index (κ2) is 2.74. The molecular weight excluding hydrogens is 176 g/mol. The van der Waals surface area contributed by atoms with Gasteiger partial charge in [-0.1, -0.05) is 0 Å². The Balaban J connectivity index is 2.75. The molecule has 0 spiro atoms. The summed E-state index contributed by atoms with van der Waals surface area (Å²) in [7, 11) is 0. The fourth-order valence-electron chi connectivity index (χ4n) is 1.46. The molecule has 0 aromatic carbocycles. The third-order valence-corrected chi connectivity index (χ3v) is 2.35. The van der Waals surface area contributed by atoms with E-state index in [1.807, 2.05) is 18.5 Å². The first-order chi connectivity index (χ1) is 6.48. The van der Waals surface area contributed by atoms with E-state index in [1.165, 1.54) is 0 Å². The van der Waals surface area contributed by atoms with Crippen molar-refractivity contribution in [2.45, 2.75) is 26.3 Å². The van der Waals surface area contributed by atoms with Gasteiger partial charge in [-0.15, -0.1) is 0 Å². The number of nitrogens with one attached hydrogen (secondary N) is 1. The van der Waals surface area contributed by atoms with E-state index in [0.29, 0.717) is 0 Å². The molecule has 2 aromatic heterocycles. The van der Waals surface area contributed by atoms with Gasteiger partial charge < -0.3 is 9.55 Å². The largest absolute Gasteiger partial charge is 0.348 e. The van der Waals surface area contributed by atoms with Crippen LogP contribution in [0.15, 0.2) is 29.5 Å². The van der Waals surface area contributed by atoms with E-state index in [2.05, 4.69) is 30.3 Å². The lowest BCUT2D eigenvalue weighted by atomic mass is 10.1. The third kappa shape index (κ3) is 1.35. The number of aromatic amines is 1. The average molecular weight is 190 g/mol. The fourth-order valence-corrected chi connectivity index (χ4v) is 1.46. The molecular formula is C11H14N2O. The monoisotopic (exact) mass is 190 g/mol. The van der Waals surface area contributed by atoms with Crippen LogP contribution in [-0.2, 0) is 5.54 Å². The summed E-state index contributed by atoms with van der Waals surface area (Å²) in [5.74, 6) is 0. The van der Waals surface area contributed by atoms with Gasteiger partial charge in [0.05, 0.1) is 5.39 Å². The molecule has 0 radical (unpaired) electrons. The van der Waals surface area contributed by atoms with Crippen LogP contribution in [0.1, 0.15) is 20.8 Å². The number of pyridine rings is 1. The summed E-state index contributed by atoms with van der Waals surface area (Å²) in [6.07, 6.45) is 5.58. The first kappa shape index (κ1) is 9.06. The molecule has 0 saturated heterocycles. The van der Waals surface area contributed by atoms with E-state index < -0.39 is 0 Å². The predicted molar refractivity (Wildman–Crippen MR) is 57.6 cm³/mol. The van der Waals surface area contributed by atoms with Gasteiger partial charge in [-0.2, -0.15) is 0 Å². The Hall–Kier alpha value is -1.51. The molecule has 2 aromatic rings. The summed E-state index contributed by atoms with van der Waals surface area (Å²) in [6, 6.07) is 1.92. The van der Waals surface area contributed by atoms with Crippen molar-refractivity contribution in [3.8, 4) is 0 Å². The Bertz CT molecular complexity index is 514. The summed E-state index contributed by atoms with van der Waals surface area (Å²) in [4.78, 5) is 14.1. The minimum Gasteiger partial charge on any atom is -0.348 e. The van der Waals surface area contributed by atoms with Crippen molar-refractivity contribution in [3.05, 3.63) is 35.0 Å². The van der Waals surface area contributed by atoms with Gasteiger partial charge in [0.2, 0.25) is 0 Å². The highest BCUT2D eigenvalue weighted by molar-refractivity contribution is 5.80. The molecule has 0 aliphatic heterocycles. The molecule has 0 fully saturated rings. The molecule has 0 aliphatic rings. The second-order valence-electron chi connectivity index (χ2n) is 4.51. The van der Waals surface area contributed by atoms with Crippen molar-refractivity contribution >= 4 is 10.8 Å². The lowest BCUT2D eigenvalue weighted by Crippen LogP contribution is -2.19. The molecule has 14 heavy (non-hydrogen) atoms. The van der Waals surface area contributed by atoms with Crippen LogP contribution in [0.4, 0.5) is 0 Å². The van der Waals surface area contributed by atoms with Gasteiger partial charge in [0.15, 0.2) is 0 Å². The second-order valence-corrected chi connectivity index (χ2v) is 4.51. The van der Waals surface area contributed by atoms with Crippen LogP contribution in [0.5, 0.6) is 0 Å². The Morgan fingerprint density at radius 3 is 2.57 bits per heavy atom. The highest BCUT2D eigenvalue weighted by atomic mass is 16.1. The zero-order valence-corrected chi connectivity index (χ0v) is 8.66. The molecule has 74 valence electrons. The van der Waals surface area contributed by atoms with E-state index >= 15 is 0 Å². The molecule has 0 unspecified atom stereocenters. The summed E-state index contributed by atoms with van der Waals surface area (Å²) < 4.78 is 2.06. The van der Waals surface area contributed by atoms with Crippen molar-refractivity contribution in [1.29, 1.82) is 0 Å². The SMILES string of the molecule is CC(C)(C)n1cc2cc[nH]c(=O)c2c1. The zero-order valence-electron chi connectivity index (χ0n) is 8.66. The summed E-state index contributed by atoms with van der Waals surface area (Å²) in [6.45, 7) is 6.33. The van der Waals surface area contributed by atoms with Crippen LogP contribution >= 0.6 is 0 Å². The molecule has 3 heteroatoms. The number of rotatable bonds is 0. The molecule has 0 saturated carbocycles. The van der Waals surface area contributed by atoms with Gasteiger partial charge in [0.25, 0.3) is 5.56 Å². The van der Waals surface area contributed by atoms with Crippen LogP contribution in [-0.4, -0.2) is 9.55 Å². The molecule has 2 heterocycles. The molecule has 3 nitrogen and oxygen atoms in total. The number of hydrogen-bond acceptors (Lipinski definition) is 1. The Morgan fingerprint density at radius 1 is 1.29 bits per heavy atom. The van der Waals surface area contributed by atoms with Crippen LogP contribution in [0, 0.1) is 0 Å². The maximum absolute atomic E-state index is 11.5. The highest BCUT2D eigenvalue weighted by Gasteiger charge is 2.13. The van der Waals surface area contributed by atoms with Crippen LogP contribution in [0.25, 0.3) is 10.8 Å². The van der Waals surface area contributed by atoms with Crippen LogP contribution < -0.4 is 5.56 Å². The zero-order chi connectivity index (χ0) is 10.3. The number of aromatic nitrogens is 2. The summed E-state index contributed by atoms with van der Waals surface area (Å²) in [5, 5.41) is 1.74. The summed E-state index contributed by atoms with van der Waals surface area (Å²) >= 11 is 0. The molecule has 0 bridgehead atoms. The predicted octanol–water partition coefficient (Wildman–Crippen LogP) is 2.08. The van der Waals surface area contributed by atoms with E-state index in [1.54, 1.807) is 6.20 Å². The van der Waals surface area contributed by atoms with Crippen molar-refractivity contribution in [3.63, 3.8) is 0 Å². The Morgan fingerprint density at radius 2 is 2.00 bits per heavy atom. The van der Waals surface area contributed by atoms with E-state index in [9.17, 15) is 4.79 Å². The van der Waals surface area contributed by atoms with E-state index in [-0.39, 0.29) is 11.1 Å². The first-order valence-corrected chi connectivity index (χ1v) is 4.68. The normalized spacial score (nSPS) is 12.2. The van der Waals surface area contributed by atoms with E-state index in [4.69, 9.17) is 0 Å². The lowest BCUT2D eigenvalue weighted by Gasteiger charge is -2.20. The van der Waals surface area contributed by atoms with Gasteiger partial charge in [-0.3, -0.25) is 4.79 Å². The maximum Gasteiger partial charge on any atom is 0.257 e. The topological polar surface area (TPSA) is 37.8 Å². The van der Waals surface area contributed by atoms with Crippen molar-refractivity contribution in [2.24, 2.45) is 0 Å². The smallest absolute Gasteiger partial charge is 0.257 e. The van der Waals surface area contributed by atoms with Gasteiger partial charge >= 0.3 is 0 Å². The van der Waals surface area contributed by atoms with Crippen molar-refractivity contribution in [1.82, 2.24) is 9.55 Å². The number of fused-ring (bicyclic) bond motifs is 1. The van der Waals surface area contributed by atoms with Gasteiger partial charge in [0, 0.05) is 29.5 Å². The minimum atomic E-state index is -0.0227. The van der Waals surface area contributed by atoms with Crippen molar-refractivity contribution in [2.75, 3.05) is 0 Å². The number of hydrogen-bond donors (Lipinski definition) is 1. The summed E-state index contributed by atoms with van der Waals surface area (Å²) in [5.41, 5.74) is -0.00338. The molecule has 2 rings (SSSR count). The quantitative estimate of drug-likeness (QED) is 0.678. The minimum absolute atomic E-state index is 0.0193. The molecule has 1 N–H and O–H groups in total. The number of H-pyrrole nitrogens is 1.